The van der Waals surface area contributed by atoms with Crippen LogP contribution in [0.25, 0.3) is 11.3 Å². The van der Waals surface area contributed by atoms with Crippen LogP contribution in [0.15, 0.2) is 50.3 Å². The van der Waals surface area contributed by atoms with Gasteiger partial charge >= 0.3 is 0 Å². The second-order valence-electron chi connectivity index (χ2n) is 7.34. The van der Waals surface area contributed by atoms with Gasteiger partial charge < -0.3 is 9.26 Å². The fraction of sp³-hybridized carbons (Fsp3) is 0.250. The predicted octanol–water partition coefficient (Wildman–Crippen LogP) is 4.64. The summed E-state index contributed by atoms with van der Waals surface area (Å²) in [6, 6.07) is 9.90. The van der Waals surface area contributed by atoms with E-state index in [0.717, 1.165) is 18.4 Å². The lowest BCUT2D eigenvalue weighted by atomic mass is 9.79. The third-order valence-corrected chi connectivity index (χ3v) is 7.63. The molecule has 1 heterocycles. The summed E-state index contributed by atoms with van der Waals surface area (Å²) in [6.45, 7) is 0. The molecule has 29 heavy (non-hydrogen) atoms. The zero-order chi connectivity index (χ0) is 20.4. The van der Waals surface area contributed by atoms with E-state index in [2.05, 4.69) is 25.8 Å². The van der Waals surface area contributed by atoms with Gasteiger partial charge in [0.25, 0.3) is 10.0 Å². The highest BCUT2D eigenvalue weighted by Crippen LogP contribution is 2.59. The molecule has 5 rings (SSSR count). The Balaban J connectivity index is 1.61. The van der Waals surface area contributed by atoms with E-state index in [4.69, 9.17) is 9.26 Å². The number of nitrogens with one attached hydrogen (secondary N) is 1. The van der Waals surface area contributed by atoms with Gasteiger partial charge in [0.05, 0.1) is 17.1 Å². The maximum Gasteiger partial charge on any atom is 0.266 e. The Morgan fingerprint density at radius 3 is 2.72 bits per heavy atom. The minimum Gasteiger partial charge on any atom is -0.495 e. The molecule has 1 aromatic heterocycles. The number of fused-ring (bicyclic) bond motifs is 4. The molecule has 0 radical (unpaired) electrons. The highest BCUT2D eigenvalue weighted by Gasteiger charge is 2.51. The standard InChI is InChI=1S/C20H16BrFN2O4S/c1-27-14-4-2-3-5-15(14)29(25,26)24-19-11-10-20(8-9-20)12-6-7-13(21)17(22)16(12)18(11)28-23-19/h2-7H,8-10H2,1H3,(H,23,24). The number of anilines is 1. The molecule has 9 heteroatoms. The molecule has 0 saturated heterocycles. The van der Waals surface area contributed by atoms with Gasteiger partial charge in [-0.15, -0.1) is 0 Å². The van der Waals surface area contributed by atoms with Crippen LogP contribution >= 0.6 is 15.9 Å². The largest absolute Gasteiger partial charge is 0.495 e. The third-order valence-electron chi connectivity index (χ3n) is 5.64. The van der Waals surface area contributed by atoms with Crippen LogP contribution in [0, 0.1) is 5.82 Å². The monoisotopic (exact) mass is 478 g/mol. The molecule has 1 N–H and O–H groups in total. The van der Waals surface area contributed by atoms with E-state index in [-0.39, 0.29) is 27.6 Å². The first-order chi connectivity index (χ1) is 13.9. The second-order valence-corrected chi connectivity index (χ2v) is 9.84. The maximum atomic E-state index is 15.0. The first kappa shape index (κ1) is 18.6. The highest BCUT2D eigenvalue weighted by atomic mass is 79.9. The van der Waals surface area contributed by atoms with Crippen molar-refractivity contribution in [3.05, 3.63) is 57.8 Å². The number of para-hydroxylation sites is 1. The summed E-state index contributed by atoms with van der Waals surface area (Å²) in [5, 5.41) is 3.94. The zero-order valence-corrected chi connectivity index (χ0v) is 17.7. The SMILES string of the molecule is COc1ccccc1S(=O)(=O)Nc1noc2c1CC1(CC1)c1ccc(Br)c(F)c1-2. The first-order valence-corrected chi connectivity index (χ1v) is 11.3. The second kappa shape index (κ2) is 6.30. The number of methoxy groups -OCH3 is 1. The Bertz CT molecular complexity index is 1250. The van der Waals surface area contributed by atoms with Gasteiger partial charge in [-0.25, -0.2) is 12.8 Å². The Kier molecular flexibility index (Phi) is 4.05. The summed E-state index contributed by atoms with van der Waals surface area (Å²) < 4.78 is 54.3. The van der Waals surface area contributed by atoms with E-state index < -0.39 is 15.8 Å². The van der Waals surface area contributed by atoms with Crippen LogP contribution in [-0.2, 0) is 21.9 Å². The number of halogens is 2. The highest BCUT2D eigenvalue weighted by molar-refractivity contribution is 9.10. The van der Waals surface area contributed by atoms with E-state index in [9.17, 15) is 12.8 Å². The number of hydrogen-bond donors (Lipinski definition) is 1. The van der Waals surface area contributed by atoms with Gasteiger partial charge in [-0.05, 0) is 59.0 Å². The molecule has 1 fully saturated rings. The lowest BCUT2D eigenvalue weighted by Gasteiger charge is -2.25. The molecule has 2 aromatic carbocycles. The Hall–Kier alpha value is -2.39. The van der Waals surface area contributed by atoms with Gasteiger partial charge in [0, 0.05) is 11.0 Å². The Morgan fingerprint density at radius 2 is 2.00 bits per heavy atom. The van der Waals surface area contributed by atoms with Crippen molar-refractivity contribution in [1.82, 2.24) is 5.16 Å². The van der Waals surface area contributed by atoms with E-state index in [0.29, 0.717) is 22.0 Å². The number of hydrogen-bond acceptors (Lipinski definition) is 5. The molecular formula is C20H16BrFN2O4S. The first-order valence-electron chi connectivity index (χ1n) is 8.99. The number of ether oxygens (including phenoxy) is 1. The number of sulfonamides is 1. The fourth-order valence-electron chi connectivity index (χ4n) is 4.02. The van der Waals surface area contributed by atoms with Crippen molar-refractivity contribution in [3.8, 4) is 17.1 Å². The maximum absolute atomic E-state index is 15.0. The van der Waals surface area contributed by atoms with Crippen molar-refractivity contribution in [2.45, 2.75) is 29.6 Å². The van der Waals surface area contributed by atoms with Gasteiger partial charge in [-0.3, -0.25) is 4.72 Å². The van der Waals surface area contributed by atoms with E-state index >= 15 is 0 Å². The van der Waals surface area contributed by atoms with Crippen LogP contribution in [-0.4, -0.2) is 20.7 Å². The predicted molar refractivity (Wildman–Crippen MR) is 108 cm³/mol. The molecular weight excluding hydrogens is 463 g/mol. The number of nitrogens with zero attached hydrogens (tertiary/aromatic N) is 1. The van der Waals surface area contributed by atoms with Crippen molar-refractivity contribution >= 4 is 31.8 Å². The summed E-state index contributed by atoms with van der Waals surface area (Å²) in [5.41, 5.74) is 1.62. The molecule has 2 aliphatic rings. The van der Waals surface area contributed by atoms with E-state index in [1.807, 2.05) is 6.07 Å². The normalized spacial score (nSPS) is 16.2. The topological polar surface area (TPSA) is 81.4 Å². The van der Waals surface area contributed by atoms with E-state index in [1.165, 1.54) is 13.2 Å². The summed E-state index contributed by atoms with van der Waals surface area (Å²) in [4.78, 5) is -0.00878. The molecule has 0 unspecified atom stereocenters. The van der Waals surface area contributed by atoms with Crippen LogP contribution in [0.2, 0.25) is 0 Å². The average Bonchev–Trinajstić information content (AvgIpc) is 3.38. The van der Waals surface area contributed by atoms with Crippen molar-refractivity contribution in [1.29, 1.82) is 0 Å². The van der Waals surface area contributed by atoms with Crippen LogP contribution < -0.4 is 9.46 Å². The van der Waals surface area contributed by atoms with Crippen molar-refractivity contribution < 1.29 is 22.1 Å². The van der Waals surface area contributed by atoms with Crippen LogP contribution in [0.4, 0.5) is 10.2 Å². The average molecular weight is 479 g/mol. The van der Waals surface area contributed by atoms with Gasteiger partial charge in [0.15, 0.2) is 11.6 Å². The number of rotatable bonds is 4. The smallest absolute Gasteiger partial charge is 0.266 e. The molecule has 0 aliphatic heterocycles. The van der Waals surface area contributed by atoms with Gasteiger partial charge in [-0.2, -0.15) is 0 Å². The minimum atomic E-state index is -3.97. The molecule has 3 aromatic rings. The summed E-state index contributed by atoms with van der Waals surface area (Å²) in [6.07, 6.45) is 2.36. The van der Waals surface area contributed by atoms with Crippen LogP contribution in [0.3, 0.4) is 0 Å². The third kappa shape index (κ3) is 2.78. The molecule has 1 saturated carbocycles. The van der Waals surface area contributed by atoms with E-state index in [1.54, 1.807) is 24.3 Å². The Labute approximate surface area is 175 Å². The quantitative estimate of drug-likeness (QED) is 0.590. The molecule has 1 spiro atoms. The molecule has 0 atom stereocenters. The van der Waals surface area contributed by atoms with Gasteiger partial charge in [-0.1, -0.05) is 23.4 Å². The molecule has 0 bridgehead atoms. The van der Waals surface area contributed by atoms with Crippen molar-refractivity contribution in [2.24, 2.45) is 0 Å². The molecule has 0 amide bonds. The van der Waals surface area contributed by atoms with Crippen molar-refractivity contribution in [3.63, 3.8) is 0 Å². The van der Waals surface area contributed by atoms with Gasteiger partial charge in [0.1, 0.15) is 16.5 Å². The lowest BCUT2D eigenvalue weighted by Crippen LogP contribution is -2.20. The number of benzene rings is 2. The minimum absolute atomic E-state index is 0.00878. The summed E-state index contributed by atoms with van der Waals surface area (Å²) >= 11 is 3.22. The molecule has 6 nitrogen and oxygen atoms in total. The number of aromatic nitrogens is 1. The summed E-state index contributed by atoms with van der Waals surface area (Å²) in [7, 11) is -2.57. The fourth-order valence-corrected chi connectivity index (χ4v) is 5.55. The Morgan fingerprint density at radius 1 is 1.24 bits per heavy atom. The van der Waals surface area contributed by atoms with Crippen molar-refractivity contribution in [2.75, 3.05) is 11.8 Å². The van der Waals surface area contributed by atoms with Gasteiger partial charge in [0.2, 0.25) is 0 Å². The lowest BCUT2D eigenvalue weighted by molar-refractivity contribution is 0.403. The van der Waals surface area contributed by atoms with Crippen LogP contribution in [0.1, 0.15) is 24.0 Å². The summed E-state index contributed by atoms with van der Waals surface area (Å²) in [5.74, 6) is 0.151. The van der Waals surface area contributed by atoms with Crippen LogP contribution in [0.5, 0.6) is 5.75 Å². The molecule has 150 valence electrons. The molecule has 2 aliphatic carbocycles. The zero-order valence-electron chi connectivity index (χ0n) is 15.3.